The third-order valence-electron chi connectivity index (χ3n) is 2.64. The largest absolute Gasteiger partial charge is 0.368 e. The Hall–Kier alpha value is -0.610. The standard InChI is InChI=1S/C9H19N3O/c1-7-3-4-12(5-7)6-8(11-2)9(10)13/h7-8,11H,3-6H2,1-2H3,(H2,10,13). The van der Waals surface area contributed by atoms with E-state index in [1.807, 2.05) is 0 Å². The summed E-state index contributed by atoms with van der Waals surface area (Å²) in [5.74, 6) is 0.493. The summed E-state index contributed by atoms with van der Waals surface area (Å²) in [6.07, 6.45) is 1.23. The van der Waals surface area contributed by atoms with Gasteiger partial charge < -0.3 is 16.0 Å². The zero-order chi connectivity index (χ0) is 9.84. The molecule has 0 spiro atoms. The number of primary amides is 1. The molecule has 76 valence electrons. The molecule has 0 aromatic rings. The van der Waals surface area contributed by atoms with Crippen LogP contribution in [0, 0.1) is 5.92 Å². The van der Waals surface area contributed by atoms with E-state index in [9.17, 15) is 4.79 Å². The molecular weight excluding hydrogens is 166 g/mol. The van der Waals surface area contributed by atoms with Crippen LogP contribution in [0.15, 0.2) is 0 Å². The molecule has 0 radical (unpaired) electrons. The molecule has 3 N–H and O–H groups in total. The molecule has 1 fully saturated rings. The summed E-state index contributed by atoms with van der Waals surface area (Å²) in [6, 6.07) is -0.203. The molecule has 1 saturated heterocycles. The highest BCUT2D eigenvalue weighted by atomic mass is 16.1. The lowest BCUT2D eigenvalue weighted by Gasteiger charge is -2.20. The first-order valence-electron chi connectivity index (χ1n) is 4.82. The Labute approximate surface area is 79.5 Å². The van der Waals surface area contributed by atoms with Gasteiger partial charge in [-0.1, -0.05) is 6.92 Å². The summed E-state index contributed by atoms with van der Waals surface area (Å²) in [5.41, 5.74) is 5.23. The van der Waals surface area contributed by atoms with Crippen LogP contribution < -0.4 is 11.1 Å². The molecule has 0 aliphatic carbocycles. The van der Waals surface area contributed by atoms with Gasteiger partial charge in [-0.2, -0.15) is 0 Å². The summed E-state index contributed by atoms with van der Waals surface area (Å²) >= 11 is 0. The molecule has 4 nitrogen and oxygen atoms in total. The fourth-order valence-corrected chi connectivity index (χ4v) is 1.77. The van der Waals surface area contributed by atoms with Crippen molar-refractivity contribution in [2.75, 3.05) is 26.7 Å². The number of hydrogen-bond acceptors (Lipinski definition) is 3. The van der Waals surface area contributed by atoms with Gasteiger partial charge in [-0.25, -0.2) is 0 Å². The summed E-state index contributed by atoms with van der Waals surface area (Å²) < 4.78 is 0. The molecular formula is C9H19N3O. The first kappa shape index (κ1) is 10.5. The first-order valence-corrected chi connectivity index (χ1v) is 4.82. The molecule has 1 aliphatic rings. The minimum atomic E-state index is -0.262. The van der Waals surface area contributed by atoms with Gasteiger partial charge in [-0.3, -0.25) is 4.79 Å². The number of amides is 1. The van der Waals surface area contributed by atoms with Crippen molar-refractivity contribution in [1.82, 2.24) is 10.2 Å². The van der Waals surface area contributed by atoms with Crippen LogP contribution >= 0.6 is 0 Å². The van der Waals surface area contributed by atoms with Crippen molar-refractivity contribution in [2.45, 2.75) is 19.4 Å². The van der Waals surface area contributed by atoms with E-state index in [1.165, 1.54) is 6.42 Å². The quantitative estimate of drug-likeness (QED) is 0.615. The highest BCUT2D eigenvalue weighted by molar-refractivity contribution is 5.80. The smallest absolute Gasteiger partial charge is 0.235 e. The van der Waals surface area contributed by atoms with Crippen molar-refractivity contribution in [3.8, 4) is 0 Å². The summed E-state index contributed by atoms with van der Waals surface area (Å²) in [5, 5.41) is 2.93. The van der Waals surface area contributed by atoms with Crippen LogP contribution in [-0.4, -0.2) is 43.5 Å². The molecule has 1 aliphatic heterocycles. The predicted molar refractivity (Wildman–Crippen MR) is 52.3 cm³/mol. The van der Waals surface area contributed by atoms with Crippen molar-refractivity contribution in [1.29, 1.82) is 0 Å². The van der Waals surface area contributed by atoms with Crippen LogP contribution in [0.2, 0.25) is 0 Å². The van der Waals surface area contributed by atoms with Gasteiger partial charge in [0.1, 0.15) is 0 Å². The Kier molecular flexibility index (Phi) is 3.69. The average Bonchev–Trinajstić information content (AvgIpc) is 2.46. The van der Waals surface area contributed by atoms with Gasteiger partial charge in [-0.05, 0) is 25.9 Å². The summed E-state index contributed by atoms with van der Waals surface area (Å²) in [7, 11) is 1.77. The average molecular weight is 185 g/mol. The van der Waals surface area contributed by atoms with E-state index in [0.717, 1.165) is 25.6 Å². The molecule has 2 atom stereocenters. The minimum Gasteiger partial charge on any atom is -0.368 e. The molecule has 0 aromatic carbocycles. The first-order chi connectivity index (χ1) is 6.13. The van der Waals surface area contributed by atoms with Crippen molar-refractivity contribution < 1.29 is 4.79 Å². The van der Waals surface area contributed by atoms with Gasteiger partial charge in [0.05, 0.1) is 6.04 Å². The number of nitrogens with zero attached hydrogens (tertiary/aromatic N) is 1. The van der Waals surface area contributed by atoms with E-state index in [4.69, 9.17) is 5.73 Å². The molecule has 2 unspecified atom stereocenters. The van der Waals surface area contributed by atoms with E-state index in [1.54, 1.807) is 7.05 Å². The van der Waals surface area contributed by atoms with Crippen molar-refractivity contribution in [3.63, 3.8) is 0 Å². The van der Waals surface area contributed by atoms with Crippen molar-refractivity contribution in [3.05, 3.63) is 0 Å². The Bertz CT molecular complexity index is 184. The normalized spacial score (nSPS) is 26.2. The van der Waals surface area contributed by atoms with Gasteiger partial charge in [0.25, 0.3) is 0 Å². The fraction of sp³-hybridized carbons (Fsp3) is 0.889. The maximum absolute atomic E-state index is 10.9. The van der Waals surface area contributed by atoms with Crippen molar-refractivity contribution in [2.24, 2.45) is 11.7 Å². The second kappa shape index (κ2) is 4.58. The van der Waals surface area contributed by atoms with Crippen LogP contribution in [0.4, 0.5) is 0 Å². The summed E-state index contributed by atoms with van der Waals surface area (Å²) in [4.78, 5) is 13.2. The number of likely N-dealkylation sites (tertiary alicyclic amines) is 1. The molecule has 13 heavy (non-hydrogen) atoms. The van der Waals surface area contributed by atoms with Crippen LogP contribution in [0.1, 0.15) is 13.3 Å². The highest BCUT2D eigenvalue weighted by Crippen LogP contribution is 2.14. The second-order valence-electron chi connectivity index (χ2n) is 3.90. The van der Waals surface area contributed by atoms with Gasteiger partial charge in [0.2, 0.25) is 5.91 Å². The van der Waals surface area contributed by atoms with Crippen LogP contribution in [0.3, 0.4) is 0 Å². The van der Waals surface area contributed by atoms with Crippen LogP contribution in [0.25, 0.3) is 0 Å². The molecule has 0 saturated carbocycles. The van der Waals surface area contributed by atoms with E-state index in [2.05, 4.69) is 17.1 Å². The SMILES string of the molecule is CNC(CN1CCC(C)C1)C(N)=O. The van der Waals surface area contributed by atoms with Crippen LogP contribution in [0.5, 0.6) is 0 Å². The zero-order valence-corrected chi connectivity index (χ0v) is 8.42. The second-order valence-corrected chi connectivity index (χ2v) is 3.90. The molecule has 0 aromatic heterocycles. The topological polar surface area (TPSA) is 58.4 Å². The lowest BCUT2D eigenvalue weighted by atomic mass is 10.2. The number of nitrogens with two attached hydrogens (primary N) is 1. The third kappa shape index (κ3) is 2.97. The number of carbonyl (C=O) groups is 1. The minimum absolute atomic E-state index is 0.203. The number of carbonyl (C=O) groups excluding carboxylic acids is 1. The maximum Gasteiger partial charge on any atom is 0.235 e. The van der Waals surface area contributed by atoms with Crippen molar-refractivity contribution >= 4 is 5.91 Å². The molecule has 0 bridgehead atoms. The summed E-state index contributed by atoms with van der Waals surface area (Å²) in [6.45, 7) is 5.16. The number of rotatable bonds is 4. The highest BCUT2D eigenvalue weighted by Gasteiger charge is 2.23. The van der Waals surface area contributed by atoms with E-state index in [0.29, 0.717) is 0 Å². The van der Waals surface area contributed by atoms with E-state index >= 15 is 0 Å². The lowest BCUT2D eigenvalue weighted by molar-refractivity contribution is -0.120. The Morgan fingerprint density at radius 3 is 2.85 bits per heavy atom. The zero-order valence-electron chi connectivity index (χ0n) is 8.42. The van der Waals surface area contributed by atoms with Gasteiger partial charge in [0.15, 0.2) is 0 Å². The predicted octanol–water partition coefficient (Wildman–Crippen LogP) is -0.598. The number of nitrogens with one attached hydrogen (secondary N) is 1. The monoisotopic (exact) mass is 185 g/mol. The van der Waals surface area contributed by atoms with Gasteiger partial charge in [0, 0.05) is 13.1 Å². The molecule has 1 heterocycles. The number of likely N-dealkylation sites (N-methyl/N-ethyl adjacent to an activating group) is 1. The van der Waals surface area contributed by atoms with Gasteiger partial charge >= 0.3 is 0 Å². The Morgan fingerprint density at radius 2 is 2.46 bits per heavy atom. The van der Waals surface area contributed by atoms with Crippen LogP contribution in [-0.2, 0) is 4.79 Å². The molecule has 1 amide bonds. The Morgan fingerprint density at radius 1 is 1.77 bits per heavy atom. The van der Waals surface area contributed by atoms with E-state index in [-0.39, 0.29) is 11.9 Å². The maximum atomic E-state index is 10.9. The van der Waals surface area contributed by atoms with Gasteiger partial charge in [-0.15, -0.1) is 0 Å². The third-order valence-corrected chi connectivity index (χ3v) is 2.64. The fourth-order valence-electron chi connectivity index (χ4n) is 1.77. The number of hydrogen-bond donors (Lipinski definition) is 2. The Balaban J connectivity index is 2.34. The molecule has 1 rings (SSSR count). The molecule has 4 heteroatoms. The lowest BCUT2D eigenvalue weighted by Crippen LogP contribution is -2.47. The van der Waals surface area contributed by atoms with E-state index < -0.39 is 0 Å².